The lowest BCUT2D eigenvalue weighted by molar-refractivity contribution is -0.123. The maximum absolute atomic E-state index is 11.4. The van der Waals surface area contributed by atoms with E-state index in [1.54, 1.807) is 0 Å². The number of rotatable bonds is 4. The molecule has 1 saturated carbocycles. The van der Waals surface area contributed by atoms with Gasteiger partial charge >= 0.3 is 0 Å². The van der Waals surface area contributed by atoms with Crippen LogP contribution >= 0.6 is 0 Å². The summed E-state index contributed by atoms with van der Waals surface area (Å²) in [5.74, 6) is -0.344. The summed E-state index contributed by atoms with van der Waals surface area (Å²) in [6.45, 7) is 4.59. The molecular formula is C14H16N2O2. The zero-order valence-corrected chi connectivity index (χ0v) is 10.1. The molecule has 1 fully saturated rings. The van der Waals surface area contributed by atoms with Gasteiger partial charge in [0.2, 0.25) is 0 Å². The van der Waals surface area contributed by atoms with Crippen LogP contribution in [0.3, 0.4) is 0 Å². The first-order valence-electron chi connectivity index (χ1n) is 6.21. The largest absolute Gasteiger partial charge is 0.378 e. The van der Waals surface area contributed by atoms with Crippen LogP contribution in [0.5, 0.6) is 0 Å². The van der Waals surface area contributed by atoms with Crippen molar-refractivity contribution in [2.75, 3.05) is 16.8 Å². The van der Waals surface area contributed by atoms with Gasteiger partial charge in [-0.25, -0.2) is 0 Å². The molecule has 1 atom stereocenters. The summed E-state index contributed by atoms with van der Waals surface area (Å²) >= 11 is 0. The second-order valence-corrected chi connectivity index (χ2v) is 4.84. The average Bonchev–Trinajstić information content (AvgIpc) is 3.15. The molecule has 4 nitrogen and oxygen atoms in total. The van der Waals surface area contributed by atoms with Gasteiger partial charge in [0.15, 0.2) is 6.10 Å². The molecule has 94 valence electrons. The number of nitrogens with zero attached hydrogens (tertiary/aromatic N) is 1. The highest BCUT2D eigenvalue weighted by atomic mass is 16.3. The monoisotopic (exact) mass is 244 g/mol. The summed E-state index contributed by atoms with van der Waals surface area (Å²) in [5.41, 5.74) is 2.46. The van der Waals surface area contributed by atoms with Crippen LogP contribution in [-0.2, 0) is 4.79 Å². The Morgan fingerprint density at radius 3 is 2.94 bits per heavy atom. The van der Waals surface area contributed by atoms with E-state index in [1.807, 2.05) is 24.3 Å². The minimum Gasteiger partial charge on any atom is -0.378 e. The van der Waals surface area contributed by atoms with Gasteiger partial charge in [-0.05, 0) is 25.0 Å². The number of carbonyl (C=O) groups is 1. The van der Waals surface area contributed by atoms with Crippen molar-refractivity contribution in [3.63, 3.8) is 0 Å². The Balaban J connectivity index is 1.92. The molecule has 1 heterocycles. The first kappa shape index (κ1) is 11.3. The molecular weight excluding hydrogens is 228 g/mol. The molecule has 0 spiro atoms. The van der Waals surface area contributed by atoms with Crippen LogP contribution in [0.2, 0.25) is 0 Å². The van der Waals surface area contributed by atoms with E-state index in [0.717, 1.165) is 17.9 Å². The predicted octanol–water partition coefficient (Wildman–Crippen LogP) is 1.83. The number of benzene rings is 1. The lowest BCUT2D eigenvalue weighted by Crippen LogP contribution is -2.25. The summed E-state index contributed by atoms with van der Waals surface area (Å²) in [6.07, 6.45) is 3.28. The first-order valence-corrected chi connectivity index (χ1v) is 6.21. The smallest absolute Gasteiger partial charge is 0.257 e. The summed E-state index contributed by atoms with van der Waals surface area (Å²) in [5, 5.41) is 12.4. The van der Waals surface area contributed by atoms with Gasteiger partial charge in [-0.3, -0.25) is 4.79 Å². The summed E-state index contributed by atoms with van der Waals surface area (Å²) in [7, 11) is 0. The van der Waals surface area contributed by atoms with E-state index < -0.39 is 6.10 Å². The fourth-order valence-electron chi connectivity index (χ4n) is 2.40. The number of nitrogens with one attached hydrogen (secondary N) is 1. The fraction of sp³-hybridized carbons (Fsp3) is 0.357. The topological polar surface area (TPSA) is 52.6 Å². The van der Waals surface area contributed by atoms with Crippen molar-refractivity contribution in [2.45, 2.75) is 25.0 Å². The molecule has 0 bridgehead atoms. The van der Waals surface area contributed by atoms with Crippen LogP contribution in [0.1, 0.15) is 24.5 Å². The van der Waals surface area contributed by atoms with E-state index >= 15 is 0 Å². The van der Waals surface area contributed by atoms with E-state index in [4.69, 9.17) is 0 Å². The molecule has 2 aliphatic rings. The Kier molecular flexibility index (Phi) is 2.59. The highest BCUT2D eigenvalue weighted by Crippen LogP contribution is 2.37. The fourth-order valence-corrected chi connectivity index (χ4v) is 2.40. The standard InChI is InChI=1S/C14H16N2O2/c1-2-7-16(9-3-4-9)10-5-6-11-12(8-10)15-14(18)13(11)17/h2,5-6,8-9,13,17H,1,3-4,7H2,(H,15,18). The van der Waals surface area contributed by atoms with Gasteiger partial charge in [-0.2, -0.15) is 0 Å². The molecule has 2 N–H and O–H groups in total. The van der Waals surface area contributed by atoms with E-state index in [2.05, 4.69) is 16.8 Å². The number of hydrogen-bond donors (Lipinski definition) is 2. The van der Waals surface area contributed by atoms with Crippen LogP contribution in [0.15, 0.2) is 30.9 Å². The third-order valence-electron chi connectivity index (χ3n) is 3.48. The molecule has 0 saturated heterocycles. The number of anilines is 2. The average molecular weight is 244 g/mol. The second-order valence-electron chi connectivity index (χ2n) is 4.84. The molecule has 0 radical (unpaired) electrons. The van der Waals surface area contributed by atoms with Gasteiger partial charge < -0.3 is 15.3 Å². The number of aliphatic hydroxyl groups excluding tert-OH is 1. The summed E-state index contributed by atoms with van der Waals surface area (Å²) in [6, 6.07) is 6.31. The lowest BCUT2D eigenvalue weighted by Gasteiger charge is -2.23. The van der Waals surface area contributed by atoms with Crippen molar-refractivity contribution in [2.24, 2.45) is 0 Å². The van der Waals surface area contributed by atoms with Crippen molar-refractivity contribution >= 4 is 17.3 Å². The molecule has 1 aliphatic heterocycles. The number of carbonyl (C=O) groups excluding carboxylic acids is 1. The molecule has 4 heteroatoms. The highest BCUT2D eigenvalue weighted by molar-refractivity contribution is 6.02. The Morgan fingerprint density at radius 2 is 2.28 bits per heavy atom. The molecule has 1 aliphatic carbocycles. The normalized spacial score (nSPS) is 21.4. The summed E-state index contributed by atoms with van der Waals surface area (Å²) in [4.78, 5) is 13.7. The van der Waals surface area contributed by atoms with Gasteiger partial charge in [0.1, 0.15) is 0 Å². The van der Waals surface area contributed by atoms with Crippen LogP contribution in [0, 0.1) is 0 Å². The van der Waals surface area contributed by atoms with Gasteiger partial charge in [0.05, 0.1) is 0 Å². The number of fused-ring (bicyclic) bond motifs is 1. The Labute approximate surface area is 106 Å². The van der Waals surface area contributed by atoms with Crippen molar-refractivity contribution in [3.05, 3.63) is 36.4 Å². The maximum atomic E-state index is 11.4. The van der Waals surface area contributed by atoms with Crippen LogP contribution < -0.4 is 10.2 Å². The van der Waals surface area contributed by atoms with Crippen LogP contribution in [0.4, 0.5) is 11.4 Å². The van der Waals surface area contributed by atoms with Gasteiger partial charge in [-0.15, -0.1) is 6.58 Å². The van der Waals surface area contributed by atoms with Gasteiger partial charge in [-0.1, -0.05) is 12.1 Å². The molecule has 18 heavy (non-hydrogen) atoms. The summed E-state index contributed by atoms with van der Waals surface area (Å²) < 4.78 is 0. The molecule has 1 unspecified atom stereocenters. The highest BCUT2D eigenvalue weighted by Gasteiger charge is 2.32. The SMILES string of the molecule is C=CCN(c1ccc2c(c1)NC(=O)C2O)C1CC1. The van der Waals surface area contributed by atoms with E-state index in [-0.39, 0.29) is 5.91 Å². The van der Waals surface area contributed by atoms with Gasteiger partial charge in [0, 0.05) is 29.5 Å². The number of amides is 1. The molecule has 1 aromatic carbocycles. The zero-order valence-electron chi connectivity index (χ0n) is 10.1. The number of hydrogen-bond acceptors (Lipinski definition) is 3. The maximum Gasteiger partial charge on any atom is 0.257 e. The minimum absolute atomic E-state index is 0.344. The third kappa shape index (κ3) is 1.78. The molecule has 1 aromatic rings. The molecule has 1 amide bonds. The lowest BCUT2D eigenvalue weighted by atomic mass is 10.1. The zero-order chi connectivity index (χ0) is 12.7. The quantitative estimate of drug-likeness (QED) is 0.794. The number of aliphatic hydroxyl groups is 1. The van der Waals surface area contributed by atoms with Crippen molar-refractivity contribution in [1.82, 2.24) is 0 Å². The predicted molar refractivity (Wildman–Crippen MR) is 70.6 cm³/mol. The molecule has 3 rings (SSSR count). The first-order chi connectivity index (χ1) is 8.70. The van der Waals surface area contributed by atoms with Crippen molar-refractivity contribution < 1.29 is 9.90 Å². The Morgan fingerprint density at radius 1 is 1.50 bits per heavy atom. The minimum atomic E-state index is -1.03. The van der Waals surface area contributed by atoms with Crippen molar-refractivity contribution in [3.8, 4) is 0 Å². The van der Waals surface area contributed by atoms with Crippen LogP contribution in [-0.4, -0.2) is 23.6 Å². The van der Waals surface area contributed by atoms with E-state index in [0.29, 0.717) is 11.6 Å². The Bertz CT molecular complexity index is 509. The van der Waals surface area contributed by atoms with Gasteiger partial charge in [0.25, 0.3) is 5.91 Å². The van der Waals surface area contributed by atoms with E-state index in [9.17, 15) is 9.90 Å². The Hall–Kier alpha value is -1.81. The van der Waals surface area contributed by atoms with Crippen molar-refractivity contribution in [1.29, 1.82) is 0 Å². The second kappa shape index (κ2) is 4.14. The third-order valence-corrected chi connectivity index (χ3v) is 3.48. The van der Waals surface area contributed by atoms with Crippen LogP contribution in [0.25, 0.3) is 0 Å². The van der Waals surface area contributed by atoms with E-state index in [1.165, 1.54) is 12.8 Å². The molecule has 0 aromatic heterocycles.